The molecule has 2 aliphatic rings. The van der Waals surface area contributed by atoms with Crippen LogP contribution in [-0.4, -0.2) is 24.5 Å². The smallest absolute Gasteiger partial charge is 0.269 e. The van der Waals surface area contributed by atoms with Crippen molar-refractivity contribution in [1.82, 2.24) is 0 Å². The van der Waals surface area contributed by atoms with E-state index in [1.807, 2.05) is 0 Å². The predicted molar refractivity (Wildman–Crippen MR) is 64.7 cm³/mol. The third-order valence-electron chi connectivity index (χ3n) is 3.40. The molecule has 0 aromatic carbocycles. The molecule has 1 atom stereocenters. The molecular weight excluding hydrogens is 232 g/mol. The van der Waals surface area contributed by atoms with Crippen LogP contribution in [0.15, 0.2) is 35.6 Å². The molecule has 0 amide bonds. The Balaban J connectivity index is 2.55. The topological polar surface area (TPSA) is 60.4 Å². The molecular formula is C14H14O4. The second-order valence-corrected chi connectivity index (χ2v) is 4.35. The van der Waals surface area contributed by atoms with Crippen molar-refractivity contribution >= 4 is 17.3 Å². The number of hydrogen-bond donors (Lipinski definition) is 0. The summed E-state index contributed by atoms with van der Waals surface area (Å²) in [5.41, 5.74) is 1.45. The van der Waals surface area contributed by atoms with Gasteiger partial charge >= 0.3 is 0 Å². The fourth-order valence-electron chi connectivity index (χ4n) is 2.53. The monoisotopic (exact) mass is 246 g/mol. The van der Waals surface area contributed by atoms with E-state index < -0.39 is 23.3 Å². The van der Waals surface area contributed by atoms with Crippen LogP contribution < -0.4 is 0 Å². The molecule has 0 aromatic heterocycles. The summed E-state index contributed by atoms with van der Waals surface area (Å²) in [5.74, 6) is -2.13. The van der Waals surface area contributed by atoms with Crippen molar-refractivity contribution in [2.24, 2.45) is 5.92 Å². The Morgan fingerprint density at radius 1 is 1.44 bits per heavy atom. The Kier molecular flexibility index (Phi) is 3.28. The quantitative estimate of drug-likeness (QED) is 0.547. The maximum absolute atomic E-state index is 11.8. The molecule has 0 bridgehead atoms. The second kappa shape index (κ2) is 4.72. The molecule has 94 valence electrons. The van der Waals surface area contributed by atoms with Gasteiger partial charge in [-0.25, -0.2) is 0 Å². The van der Waals surface area contributed by atoms with E-state index in [4.69, 9.17) is 4.74 Å². The molecule has 0 aliphatic heterocycles. The minimum absolute atomic E-state index is 0.482. The molecule has 1 fully saturated rings. The zero-order chi connectivity index (χ0) is 13.3. The highest BCUT2D eigenvalue weighted by molar-refractivity contribution is 6.67. The summed E-state index contributed by atoms with van der Waals surface area (Å²) < 4.78 is 5.20. The maximum Gasteiger partial charge on any atom is 0.269 e. The summed E-state index contributed by atoms with van der Waals surface area (Å²) in [5, 5.41) is 0. The van der Waals surface area contributed by atoms with E-state index in [9.17, 15) is 14.4 Å². The van der Waals surface area contributed by atoms with E-state index in [1.165, 1.54) is 13.2 Å². The molecule has 0 radical (unpaired) electrons. The normalized spacial score (nSPS) is 26.4. The number of hydrogen-bond acceptors (Lipinski definition) is 4. The average molecular weight is 246 g/mol. The maximum atomic E-state index is 11.8. The van der Waals surface area contributed by atoms with Crippen LogP contribution in [0.2, 0.25) is 0 Å². The van der Waals surface area contributed by atoms with Crippen molar-refractivity contribution in [3.63, 3.8) is 0 Å². The van der Waals surface area contributed by atoms with Gasteiger partial charge in [0.15, 0.2) is 0 Å². The van der Waals surface area contributed by atoms with Crippen LogP contribution >= 0.6 is 0 Å². The number of methoxy groups -OCH3 is 1. The van der Waals surface area contributed by atoms with Crippen molar-refractivity contribution in [2.75, 3.05) is 7.11 Å². The van der Waals surface area contributed by atoms with E-state index in [0.29, 0.717) is 17.8 Å². The molecule has 18 heavy (non-hydrogen) atoms. The molecule has 2 aliphatic carbocycles. The van der Waals surface area contributed by atoms with Crippen LogP contribution in [0.5, 0.6) is 0 Å². The van der Waals surface area contributed by atoms with Gasteiger partial charge in [-0.2, -0.15) is 0 Å². The zero-order valence-electron chi connectivity index (χ0n) is 10.2. The number of ketones is 3. The number of carbonyl (C=O) groups is 3. The van der Waals surface area contributed by atoms with Gasteiger partial charge < -0.3 is 4.74 Å². The number of fused-ring (bicyclic) bond motifs is 1. The first-order chi connectivity index (χ1) is 8.60. The van der Waals surface area contributed by atoms with E-state index in [-0.39, 0.29) is 0 Å². The Hall–Kier alpha value is -1.97. The van der Waals surface area contributed by atoms with Gasteiger partial charge in [0.25, 0.3) is 5.78 Å². The molecule has 4 nitrogen and oxygen atoms in total. The second-order valence-electron chi connectivity index (χ2n) is 4.35. The first-order valence-corrected chi connectivity index (χ1v) is 5.84. The van der Waals surface area contributed by atoms with Crippen molar-refractivity contribution in [1.29, 1.82) is 0 Å². The van der Waals surface area contributed by atoms with Crippen LogP contribution in [0.25, 0.3) is 0 Å². The summed E-state index contributed by atoms with van der Waals surface area (Å²) in [6.45, 7) is 3.65. The fraction of sp³-hybridized carbons (Fsp3) is 0.357. The van der Waals surface area contributed by atoms with Crippen molar-refractivity contribution in [3.8, 4) is 0 Å². The minimum Gasteiger partial charge on any atom is -0.496 e. The summed E-state index contributed by atoms with van der Waals surface area (Å²) in [4.78, 5) is 34.7. The molecule has 1 unspecified atom stereocenters. The number of carbonyl (C=O) groups excluding carboxylic acids is 3. The van der Waals surface area contributed by atoms with Gasteiger partial charge in [0, 0.05) is 0 Å². The van der Waals surface area contributed by atoms with Gasteiger partial charge in [0.2, 0.25) is 11.6 Å². The van der Waals surface area contributed by atoms with Gasteiger partial charge in [-0.15, -0.1) is 0 Å². The molecule has 0 N–H and O–H groups in total. The number of allylic oxidation sites excluding steroid dienone is 4. The Labute approximate surface area is 105 Å². The third kappa shape index (κ3) is 1.83. The number of ether oxygens (including phenoxy) is 1. The molecule has 0 aromatic rings. The molecule has 1 saturated carbocycles. The van der Waals surface area contributed by atoms with Crippen molar-refractivity contribution in [2.45, 2.75) is 19.3 Å². The first kappa shape index (κ1) is 12.5. The highest BCUT2D eigenvalue weighted by atomic mass is 16.5. The van der Waals surface area contributed by atoms with Crippen LogP contribution in [0.3, 0.4) is 0 Å². The molecule has 0 heterocycles. The minimum atomic E-state index is -0.900. The molecule has 0 spiro atoms. The van der Waals surface area contributed by atoms with E-state index >= 15 is 0 Å². The predicted octanol–water partition coefficient (Wildman–Crippen LogP) is 1.52. The summed E-state index contributed by atoms with van der Waals surface area (Å²) in [6.07, 6.45) is 4.98. The average Bonchev–Trinajstić information content (AvgIpc) is 2.38. The summed E-state index contributed by atoms with van der Waals surface area (Å²) in [7, 11) is 1.52. The van der Waals surface area contributed by atoms with Crippen molar-refractivity contribution < 1.29 is 19.1 Å². The lowest BCUT2D eigenvalue weighted by molar-refractivity contribution is -0.144. The van der Waals surface area contributed by atoms with Crippen LogP contribution in [0.1, 0.15) is 19.3 Å². The number of rotatable bonds is 2. The van der Waals surface area contributed by atoms with Gasteiger partial charge in [0.1, 0.15) is 5.76 Å². The van der Waals surface area contributed by atoms with Gasteiger partial charge in [-0.3, -0.25) is 14.4 Å². The summed E-state index contributed by atoms with van der Waals surface area (Å²) in [6, 6.07) is 0. The number of Topliss-reactive ketones (excluding diaryl/α,β-unsaturated/α-hetero) is 2. The lowest BCUT2D eigenvalue weighted by Gasteiger charge is -2.29. The van der Waals surface area contributed by atoms with Gasteiger partial charge in [-0.1, -0.05) is 6.58 Å². The van der Waals surface area contributed by atoms with Gasteiger partial charge in [-0.05, 0) is 42.6 Å². The fourth-order valence-corrected chi connectivity index (χ4v) is 2.53. The Morgan fingerprint density at radius 2 is 2.17 bits per heavy atom. The lowest BCUT2D eigenvalue weighted by Crippen LogP contribution is -2.37. The van der Waals surface area contributed by atoms with E-state index in [1.54, 1.807) is 6.08 Å². The summed E-state index contributed by atoms with van der Waals surface area (Å²) >= 11 is 0. The Morgan fingerprint density at radius 3 is 2.78 bits per heavy atom. The van der Waals surface area contributed by atoms with Crippen LogP contribution in [0.4, 0.5) is 0 Å². The Bertz CT molecular complexity index is 508. The van der Waals surface area contributed by atoms with Crippen molar-refractivity contribution in [3.05, 3.63) is 35.6 Å². The van der Waals surface area contributed by atoms with Crippen LogP contribution in [0, 0.1) is 5.92 Å². The first-order valence-electron chi connectivity index (χ1n) is 5.84. The van der Waals surface area contributed by atoms with Gasteiger partial charge in [0.05, 0.1) is 13.0 Å². The highest BCUT2D eigenvalue weighted by Crippen LogP contribution is 2.38. The molecule has 4 heteroatoms. The standard InChI is InChI=1S/C14H14O4/c1-3-12(18-2)8-5-4-6-9-10(8)7-11(15)14(17)13(9)16/h3,7,9H,1,4-6H2,2H3/b12-8+. The zero-order valence-corrected chi connectivity index (χ0v) is 10.2. The van der Waals surface area contributed by atoms with E-state index in [2.05, 4.69) is 6.58 Å². The third-order valence-corrected chi connectivity index (χ3v) is 3.40. The highest BCUT2D eigenvalue weighted by Gasteiger charge is 2.40. The largest absolute Gasteiger partial charge is 0.496 e. The molecule has 0 saturated heterocycles. The molecule has 2 rings (SSSR count). The SMILES string of the molecule is C=C/C(OC)=C1/CCCC2C(=O)C(=O)C(=O)C=C12. The van der Waals surface area contributed by atoms with E-state index in [0.717, 1.165) is 18.4 Å². The van der Waals surface area contributed by atoms with Crippen LogP contribution in [-0.2, 0) is 19.1 Å². The lowest BCUT2D eigenvalue weighted by atomic mass is 9.73.